The highest BCUT2D eigenvalue weighted by Crippen LogP contribution is 2.42. The molecule has 2 aromatic carbocycles. The maximum Gasteiger partial charge on any atom is 0.176 e. The lowest BCUT2D eigenvalue weighted by atomic mass is 10.2. The van der Waals surface area contributed by atoms with Gasteiger partial charge in [-0.05, 0) is 43.2 Å². The Kier molecular flexibility index (Phi) is 6.42. The van der Waals surface area contributed by atoms with Crippen molar-refractivity contribution in [1.29, 1.82) is 0 Å². The summed E-state index contributed by atoms with van der Waals surface area (Å²) in [5, 5.41) is 2.89. The first-order valence-corrected chi connectivity index (χ1v) is 11.4. The number of ketones is 1. The lowest BCUT2D eigenvalue weighted by Gasteiger charge is -2.13. The summed E-state index contributed by atoms with van der Waals surface area (Å²) in [5.41, 5.74) is 5.15. The van der Waals surface area contributed by atoms with Crippen molar-refractivity contribution in [2.45, 2.75) is 33.8 Å². The van der Waals surface area contributed by atoms with Gasteiger partial charge in [0, 0.05) is 23.6 Å². The quantitative estimate of drug-likeness (QED) is 0.300. The molecule has 2 heterocycles. The SMILES string of the molecule is CCc1csc(-c2c(OCc3ccccc3)c(C)c(C(C)=O)n2-c2ccc(OC)cc2)n1. The van der Waals surface area contributed by atoms with Gasteiger partial charge in [0.05, 0.1) is 18.5 Å². The van der Waals surface area contributed by atoms with E-state index in [2.05, 4.69) is 12.3 Å². The van der Waals surface area contributed by atoms with Crippen molar-refractivity contribution in [2.75, 3.05) is 7.11 Å². The number of rotatable bonds is 8. The number of Topliss-reactive ketones (excluding diaryl/α,β-unsaturated/α-hetero) is 1. The van der Waals surface area contributed by atoms with E-state index in [9.17, 15) is 4.79 Å². The van der Waals surface area contributed by atoms with E-state index in [1.54, 1.807) is 25.4 Å². The number of aryl methyl sites for hydroxylation is 1. The third-order valence-electron chi connectivity index (χ3n) is 5.36. The van der Waals surface area contributed by atoms with Crippen LogP contribution < -0.4 is 9.47 Å². The van der Waals surface area contributed by atoms with Crippen LogP contribution in [0.3, 0.4) is 0 Å². The first kappa shape index (κ1) is 21.8. The molecule has 0 unspecified atom stereocenters. The minimum absolute atomic E-state index is 0.0265. The molecule has 0 radical (unpaired) electrons. The standard InChI is InChI=1S/C26H26N2O3S/c1-5-20-16-32-26(27-20)24-25(31-15-19-9-7-6-8-10-19)17(2)23(18(3)29)28(24)21-11-13-22(30-4)14-12-21/h6-14,16H,5,15H2,1-4H3. The maximum absolute atomic E-state index is 12.8. The van der Waals surface area contributed by atoms with Crippen LogP contribution in [0.2, 0.25) is 0 Å². The van der Waals surface area contributed by atoms with Gasteiger partial charge in [-0.15, -0.1) is 11.3 Å². The molecule has 0 fully saturated rings. The van der Waals surface area contributed by atoms with Crippen LogP contribution in [-0.4, -0.2) is 22.4 Å². The minimum atomic E-state index is -0.0265. The van der Waals surface area contributed by atoms with Crippen LogP contribution in [0.1, 0.15) is 41.2 Å². The number of benzene rings is 2. The molecule has 2 aromatic heterocycles. The molecule has 4 aromatic rings. The number of thiazole rings is 1. The Morgan fingerprint density at radius 1 is 1.09 bits per heavy atom. The summed E-state index contributed by atoms with van der Waals surface area (Å²) in [5.74, 6) is 1.42. The van der Waals surface area contributed by atoms with Gasteiger partial charge in [-0.1, -0.05) is 37.3 Å². The Bertz CT molecular complexity index is 1220. The van der Waals surface area contributed by atoms with Crippen LogP contribution in [0.5, 0.6) is 11.5 Å². The molecule has 6 heteroatoms. The lowest BCUT2D eigenvalue weighted by molar-refractivity contribution is 0.101. The highest BCUT2D eigenvalue weighted by molar-refractivity contribution is 7.13. The van der Waals surface area contributed by atoms with E-state index >= 15 is 0 Å². The number of carbonyl (C=O) groups is 1. The van der Waals surface area contributed by atoms with Crippen LogP contribution in [-0.2, 0) is 13.0 Å². The molecule has 164 valence electrons. The summed E-state index contributed by atoms with van der Waals surface area (Å²) in [6, 6.07) is 17.7. The highest BCUT2D eigenvalue weighted by Gasteiger charge is 2.28. The van der Waals surface area contributed by atoms with Crippen LogP contribution >= 0.6 is 11.3 Å². The Hall–Kier alpha value is -3.38. The minimum Gasteiger partial charge on any atom is -0.497 e. The largest absolute Gasteiger partial charge is 0.497 e. The molecule has 0 atom stereocenters. The number of nitrogens with zero attached hydrogens (tertiary/aromatic N) is 2. The third kappa shape index (κ3) is 4.18. The molecule has 4 rings (SSSR count). The molecule has 0 bridgehead atoms. The van der Waals surface area contributed by atoms with E-state index in [4.69, 9.17) is 14.5 Å². The van der Waals surface area contributed by atoms with Gasteiger partial charge in [0.1, 0.15) is 23.1 Å². The summed E-state index contributed by atoms with van der Waals surface area (Å²) in [6.07, 6.45) is 0.846. The molecule has 5 nitrogen and oxygen atoms in total. The van der Waals surface area contributed by atoms with Crippen molar-refractivity contribution in [3.8, 4) is 27.9 Å². The highest BCUT2D eigenvalue weighted by atomic mass is 32.1. The fourth-order valence-corrected chi connectivity index (χ4v) is 4.69. The van der Waals surface area contributed by atoms with Crippen LogP contribution in [0.15, 0.2) is 60.0 Å². The second kappa shape index (κ2) is 9.40. The summed E-state index contributed by atoms with van der Waals surface area (Å²) < 4.78 is 13.6. The Balaban J connectivity index is 1.92. The molecular weight excluding hydrogens is 420 g/mol. The summed E-state index contributed by atoms with van der Waals surface area (Å²) in [7, 11) is 1.64. The topological polar surface area (TPSA) is 53.4 Å². The van der Waals surface area contributed by atoms with Gasteiger partial charge in [0.2, 0.25) is 0 Å². The molecular formula is C26H26N2O3S. The van der Waals surface area contributed by atoms with Crippen molar-refractivity contribution in [3.63, 3.8) is 0 Å². The van der Waals surface area contributed by atoms with Crippen LogP contribution in [0.25, 0.3) is 16.4 Å². The normalized spacial score (nSPS) is 10.9. The van der Waals surface area contributed by atoms with Crippen molar-refractivity contribution in [3.05, 3.63) is 82.5 Å². The Morgan fingerprint density at radius 3 is 2.41 bits per heavy atom. The van der Waals surface area contributed by atoms with E-state index in [0.29, 0.717) is 18.1 Å². The van der Waals surface area contributed by atoms with Gasteiger partial charge < -0.3 is 14.0 Å². The zero-order valence-corrected chi connectivity index (χ0v) is 19.5. The molecule has 0 N–H and O–H groups in total. The van der Waals surface area contributed by atoms with Gasteiger partial charge in [0.25, 0.3) is 0 Å². The van der Waals surface area contributed by atoms with E-state index in [1.807, 2.05) is 66.1 Å². The molecule has 0 amide bonds. The summed E-state index contributed by atoms with van der Waals surface area (Å²) >= 11 is 1.57. The average Bonchev–Trinajstić information content (AvgIpc) is 3.40. The van der Waals surface area contributed by atoms with E-state index in [-0.39, 0.29) is 5.78 Å². The zero-order chi connectivity index (χ0) is 22.7. The molecule has 0 aliphatic heterocycles. The van der Waals surface area contributed by atoms with E-state index < -0.39 is 0 Å². The fourth-order valence-electron chi connectivity index (χ4n) is 3.75. The predicted octanol–water partition coefficient (Wildman–Crippen LogP) is 6.26. The second-order valence-corrected chi connectivity index (χ2v) is 8.37. The second-order valence-electron chi connectivity index (χ2n) is 7.51. The van der Waals surface area contributed by atoms with E-state index in [1.165, 1.54) is 0 Å². The van der Waals surface area contributed by atoms with Gasteiger partial charge in [0.15, 0.2) is 11.5 Å². The predicted molar refractivity (Wildman–Crippen MR) is 128 cm³/mol. The molecule has 0 saturated heterocycles. The Morgan fingerprint density at radius 2 is 1.81 bits per heavy atom. The van der Waals surface area contributed by atoms with Crippen molar-refractivity contribution < 1.29 is 14.3 Å². The number of methoxy groups -OCH3 is 1. The number of hydrogen-bond donors (Lipinski definition) is 0. The number of ether oxygens (including phenoxy) is 2. The van der Waals surface area contributed by atoms with Gasteiger partial charge in [-0.2, -0.15) is 0 Å². The van der Waals surface area contributed by atoms with Gasteiger partial charge in [-0.3, -0.25) is 4.79 Å². The first-order valence-electron chi connectivity index (χ1n) is 10.6. The summed E-state index contributed by atoms with van der Waals surface area (Å²) in [4.78, 5) is 17.6. The van der Waals surface area contributed by atoms with Crippen molar-refractivity contribution in [1.82, 2.24) is 9.55 Å². The number of hydrogen-bond acceptors (Lipinski definition) is 5. The third-order valence-corrected chi connectivity index (χ3v) is 6.26. The average molecular weight is 447 g/mol. The van der Waals surface area contributed by atoms with E-state index in [0.717, 1.165) is 45.4 Å². The molecule has 0 saturated carbocycles. The number of aromatic nitrogens is 2. The molecule has 0 aliphatic carbocycles. The molecule has 32 heavy (non-hydrogen) atoms. The van der Waals surface area contributed by atoms with Gasteiger partial charge in [-0.25, -0.2) is 4.98 Å². The zero-order valence-electron chi connectivity index (χ0n) is 18.7. The van der Waals surface area contributed by atoms with Gasteiger partial charge >= 0.3 is 0 Å². The van der Waals surface area contributed by atoms with Crippen LogP contribution in [0.4, 0.5) is 0 Å². The summed E-state index contributed by atoms with van der Waals surface area (Å²) in [6.45, 7) is 6.02. The van der Waals surface area contributed by atoms with Crippen molar-refractivity contribution in [2.24, 2.45) is 0 Å². The molecule has 0 spiro atoms. The first-order chi connectivity index (χ1) is 15.5. The maximum atomic E-state index is 12.8. The van der Waals surface area contributed by atoms with Crippen molar-refractivity contribution >= 4 is 17.1 Å². The lowest BCUT2D eigenvalue weighted by Crippen LogP contribution is -2.07. The molecule has 0 aliphatic rings. The fraction of sp³-hybridized carbons (Fsp3) is 0.231. The monoisotopic (exact) mass is 446 g/mol. The van der Waals surface area contributed by atoms with Crippen LogP contribution in [0, 0.1) is 6.92 Å². The smallest absolute Gasteiger partial charge is 0.176 e. The number of carbonyl (C=O) groups excluding carboxylic acids is 1. The Labute approximate surface area is 192 Å².